The second kappa shape index (κ2) is 6.57. The van der Waals surface area contributed by atoms with E-state index in [1.54, 1.807) is 32.2 Å². The summed E-state index contributed by atoms with van der Waals surface area (Å²) in [5.74, 6) is -0.597. The molecular formula is C13H14N6O3. The maximum Gasteiger partial charge on any atom is 0.390 e. The van der Waals surface area contributed by atoms with Crippen LogP contribution in [0.3, 0.4) is 0 Å². The zero-order chi connectivity index (χ0) is 16.1. The van der Waals surface area contributed by atoms with Crippen molar-refractivity contribution < 1.29 is 9.72 Å². The van der Waals surface area contributed by atoms with E-state index in [0.29, 0.717) is 17.0 Å². The van der Waals surface area contributed by atoms with E-state index in [1.165, 1.54) is 16.9 Å². The minimum absolute atomic E-state index is 0.218. The van der Waals surface area contributed by atoms with Gasteiger partial charge in [0, 0.05) is 12.4 Å². The molecule has 1 amide bonds. The Labute approximate surface area is 125 Å². The fourth-order valence-electron chi connectivity index (χ4n) is 1.70. The smallest absolute Gasteiger partial charge is 0.358 e. The number of carbonyl (C=O) groups is 1. The van der Waals surface area contributed by atoms with Crippen LogP contribution in [0.15, 0.2) is 35.7 Å². The third-order valence-electron chi connectivity index (χ3n) is 2.81. The Morgan fingerprint density at radius 2 is 2.32 bits per heavy atom. The van der Waals surface area contributed by atoms with Crippen LogP contribution in [-0.4, -0.2) is 31.3 Å². The van der Waals surface area contributed by atoms with E-state index < -0.39 is 4.92 Å². The molecule has 0 aliphatic heterocycles. The van der Waals surface area contributed by atoms with Crippen molar-refractivity contribution in [2.45, 2.75) is 20.4 Å². The Hall–Kier alpha value is -3.10. The number of rotatable bonds is 5. The second-order valence-electron chi connectivity index (χ2n) is 4.59. The summed E-state index contributed by atoms with van der Waals surface area (Å²) in [6, 6.07) is 4.65. The topological polar surface area (TPSA) is 115 Å². The highest BCUT2D eigenvalue weighted by Gasteiger charge is 2.15. The Bertz CT molecular complexity index is 723. The molecule has 0 aromatic carbocycles. The second-order valence-corrected chi connectivity index (χ2v) is 4.59. The highest BCUT2D eigenvalue weighted by molar-refractivity contribution is 5.94. The summed E-state index contributed by atoms with van der Waals surface area (Å²) in [6.07, 6.45) is 3.00. The standard InChI is InChI=1S/C13H14N6O3/c1-9(8-18-10(2)6-12(17-18)19(21)22)15-16-13(20)11-4-3-5-14-7-11/h3-7H,8H2,1-2H3,(H,16,20)/b15-9-. The molecule has 0 saturated carbocycles. The van der Waals surface area contributed by atoms with Crippen LogP contribution in [0.25, 0.3) is 0 Å². The van der Waals surface area contributed by atoms with E-state index in [4.69, 9.17) is 0 Å². The molecular weight excluding hydrogens is 288 g/mol. The summed E-state index contributed by atoms with van der Waals surface area (Å²) in [4.78, 5) is 25.7. The summed E-state index contributed by atoms with van der Waals surface area (Å²) < 4.78 is 1.45. The van der Waals surface area contributed by atoms with Crippen LogP contribution in [0.4, 0.5) is 5.82 Å². The molecule has 2 aromatic heterocycles. The van der Waals surface area contributed by atoms with Gasteiger partial charge in [-0.3, -0.25) is 9.78 Å². The molecule has 0 aliphatic carbocycles. The summed E-state index contributed by atoms with van der Waals surface area (Å²) in [5.41, 5.74) is 3.99. The van der Waals surface area contributed by atoms with E-state index in [9.17, 15) is 14.9 Å². The van der Waals surface area contributed by atoms with Gasteiger partial charge in [-0.05, 0) is 30.9 Å². The van der Waals surface area contributed by atoms with Crippen molar-refractivity contribution in [3.05, 3.63) is 52.0 Å². The SMILES string of the molecule is C/C(Cn1nc([N+](=O)[O-])cc1C)=N/NC(=O)c1cccnc1. The summed E-state index contributed by atoms with van der Waals surface area (Å²) in [5, 5.41) is 18.5. The van der Waals surface area contributed by atoms with Crippen LogP contribution < -0.4 is 5.43 Å². The largest absolute Gasteiger partial charge is 0.390 e. The number of carbonyl (C=O) groups excluding carboxylic acids is 1. The minimum Gasteiger partial charge on any atom is -0.358 e. The lowest BCUT2D eigenvalue weighted by molar-refractivity contribution is -0.389. The molecule has 0 radical (unpaired) electrons. The lowest BCUT2D eigenvalue weighted by atomic mass is 10.3. The average Bonchev–Trinajstić information content (AvgIpc) is 2.87. The average molecular weight is 302 g/mol. The molecule has 0 saturated heterocycles. The quantitative estimate of drug-likeness (QED) is 0.507. The first-order chi connectivity index (χ1) is 10.5. The van der Waals surface area contributed by atoms with Crippen LogP contribution in [0.5, 0.6) is 0 Å². The van der Waals surface area contributed by atoms with E-state index in [1.807, 2.05) is 0 Å². The number of hydrazone groups is 1. The van der Waals surface area contributed by atoms with E-state index in [2.05, 4.69) is 20.6 Å². The Balaban J connectivity index is 2.01. The van der Waals surface area contributed by atoms with E-state index in [-0.39, 0.29) is 18.3 Å². The molecule has 1 N–H and O–H groups in total. The van der Waals surface area contributed by atoms with E-state index >= 15 is 0 Å². The molecule has 114 valence electrons. The van der Waals surface area contributed by atoms with Gasteiger partial charge in [0.1, 0.15) is 6.54 Å². The minimum atomic E-state index is -0.555. The molecule has 0 atom stereocenters. The van der Waals surface area contributed by atoms with Crippen molar-refractivity contribution in [1.82, 2.24) is 20.2 Å². The normalized spacial score (nSPS) is 11.3. The van der Waals surface area contributed by atoms with Crippen molar-refractivity contribution in [1.29, 1.82) is 0 Å². The van der Waals surface area contributed by atoms with Gasteiger partial charge in [0.2, 0.25) is 0 Å². The van der Waals surface area contributed by atoms with Crippen LogP contribution >= 0.6 is 0 Å². The third-order valence-corrected chi connectivity index (χ3v) is 2.81. The maximum absolute atomic E-state index is 11.8. The summed E-state index contributed by atoms with van der Waals surface area (Å²) >= 11 is 0. The van der Waals surface area contributed by atoms with Crippen molar-refractivity contribution in [2.75, 3.05) is 0 Å². The van der Waals surface area contributed by atoms with Gasteiger partial charge in [-0.1, -0.05) is 0 Å². The predicted molar refractivity (Wildman–Crippen MR) is 78.4 cm³/mol. The molecule has 2 aromatic rings. The molecule has 9 heteroatoms. The molecule has 0 fully saturated rings. The third kappa shape index (κ3) is 3.72. The zero-order valence-corrected chi connectivity index (χ0v) is 12.1. The van der Waals surface area contributed by atoms with Gasteiger partial charge in [-0.25, -0.2) is 5.43 Å². The number of nitrogens with zero attached hydrogens (tertiary/aromatic N) is 5. The summed E-state index contributed by atoms with van der Waals surface area (Å²) in [6.45, 7) is 3.64. The van der Waals surface area contributed by atoms with Crippen molar-refractivity contribution in [2.24, 2.45) is 5.10 Å². The Morgan fingerprint density at radius 1 is 1.55 bits per heavy atom. The highest BCUT2D eigenvalue weighted by atomic mass is 16.6. The Morgan fingerprint density at radius 3 is 2.91 bits per heavy atom. The number of hydrogen-bond donors (Lipinski definition) is 1. The molecule has 9 nitrogen and oxygen atoms in total. The van der Waals surface area contributed by atoms with Gasteiger partial charge in [-0.15, -0.1) is 0 Å². The number of aromatic nitrogens is 3. The first-order valence-electron chi connectivity index (χ1n) is 6.39. The van der Waals surface area contributed by atoms with Crippen LogP contribution in [0.1, 0.15) is 23.0 Å². The molecule has 0 spiro atoms. The number of aryl methyl sites for hydroxylation is 1. The Kier molecular flexibility index (Phi) is 4.57. The number of amides is 1. The molecule has 2 rings (SSSR count). The van der Waals surface area contributed by atoms with Gasteiger partial charge < -0.3 is 10.1 Å². The van der Waals surface area contributed by atoms with Gasteiger partial charge in [-0.2, -0.15) is 9.78 Å². The van der Waals surface area contributed by atoms with E-state index in [0.717, 1.165) is 0 Å². The van der Waals surface area contributed by atoms with Crippen LogP contribution in [0.2, 0.25) is 0 Å². The monoisotopic (exact) mass is 302 g/mol. The molecule has 0 bridgehead atoms. The molecule has 0 aliphatic rings. The van der Waals surface area contributed by atoms with Crippen molar-refractivity contribution in [3.63, 3.8) is 0 Å². The van der Waals surface area contributed by atoms with Crippen molar-refractivity contribution in [3.8, 4) is 0 Å². The first kappa shape index (κ1) is 15.3. The van der Waals surface area contributed by atoms with Crippen LogP contribution in [0, 0.1) is 17.0 Å². The molecule has 2 heterocycles. The lowest BCUT2D eigenvalue weighted by Crippen LogP contribution is -2.21. The lowest BCUT2D eigenvalue weighted by Gasteiger charge is -2.02. The van der Waals surface area contributed by atoms with Gasteiger partial charge in [0.05, 0.1) is 28.1 Å². The maximum atomic E-state index is 11.8. The zero-order valence-electron chi connectivity index (χ0n) is 12.1. The number of hydrogen-bond acceptors (Lipinski definition) is 6. The number of pyridine rings is 1. The van der Waals surface area contributed by atoms with Crippen molar-refractivity contribution >= 4 is 17.4 Å². The summed E-state index contributed by atoms with van der Waals surface area (Å²) in [7, 11) is 0. The fourth-order valence-corrected chi connectivity index (χ4v) is 1.70. The molecule has 22 heavy (non-hydrogen) atoms. The van der Waals surface area contributed by atoms with Gasteiger partial charge in [0.15, 0.2) is 0 Å². The number of nitro groups is 1. The fraction of sp³-hybridized carbons (Fsp3) is 0.231. The van der Waals surface area contributed by atoms with Gasteiger partial charge >= 0.3 is 5.82 Å². The first-order valence-corrected chi connectivity index (χ1v) is 6.39. The predicted octanol–water partition coefficient (Wildman–Crippen LogP) is 1.30. The molecule has 0 unspecified atom stereocenters. The number of nitrogens with one attached hydrogen (secondary N) is 1. The highest BCUT2D eigenvalue weighted by Crippen LogP contribution is 2.10. The van der Waals surface area contributed by atoms with Gasteiger partial charge in [0.25, 0.3) is 5.91 Å². The van der Waals surface area contributed by atoms with Crippen LogP contribution in [-0.2, 0) is 6.54 Å².